The van der Waals surface area contributed by atoms with Gasteiger partial charge >= 0.3 is 24.0 Å². The van der Waals surface area contributed by atoms with E-state index in [1.165, 1.54) is 7.11 Å². The van der Waals surface area contributed by atoms with Crippen LogP contribution in [0.25, 0.3) is 0 Å². The van der Waals surface area contributed by atoms with Crippen LogP contribution in [0.1, 0.15) is 49.8 Å². The molecule has 1 fully saturated rings. The third-order valence-corrected chi connectivity index (χ3v) is 7.93. The van der Waals surface area contributed by atoms with Crippen LogP contribution >= 0.6 is 0 Å². The minimum Gasteiger partial charge on any atom is -0.478 e. The van der Waals surface area contributed by atoms with Gasteiger partial charge in [0.1, 0.15) is 17.7 Å². The third kappa shape index (κ3) is 6.13. The highest BCUT2D eigenvalue weighted by Crippen LogP contribution is 2.38. The van der Waals surface area contributed by atoms with Crippen LogP contribution in [0, 0.1) is 11.6 Å². The number of urea groups is 2. The molecule has 1 saturated heterocycles. The first-order chi connectivity index (χ1) is 20.1. The van der Waals surface area contributed by atoms with Crippen molar-refractivity contribution in [2.24, 2.45) is 0 Å². The van der Waals surface area contributed by atoms with E-state index in [9.17, 15) is 33.1 Å². The lowest BCUT2D eigenvalue weighted by atomic mass is 9.72. The number of benzene rings is 2. The zero-order valence-corrected chi connectivity index (χ0v) is 23.5. The normalized spacial score (nSPS) is 18.8. The van der Waals surface area contributed by atoms with Crippen LogP contribution in [-0.2, 0) is 19.7 Å². The summed E-state index contributed by atoms with van der Waals surface area (Å²) in [6, 6.07) is 8.66. The fourth-order valence-electron chi connectivity index (χ4n) is 5.72. The number of esters is 1. The van der Waals surface area contributed by atoms with Gasteiger partial charge in [0.05, 0.1) is 18.1 Å². The van der Waals surface area contributed by atoms with Crippen molar-refractivity contribution in [3.8, 4) is 0 Å². The molecular weight excluding hydrogens is 550 g/mol. The van der Waals surface area contributed by atoms with Gasteiger partial charge in [0.15, 0.2) is 0 Å². The van der Waals surface area contributed by atoms with E-state index in [2.05, 4.69) is 15.5 Å². The van der Waals surface area contributed by atoms with Gasteiger partial charge in [-0.1, -0.05) is 43.3 Å². The van der Waals surface area contributed by atoms with Crippen molar-refractivity contribution in [1.29, 1.82) is 0 Å². The maximum Gasteiger partial charge on any atom is 0.335 e. The monoisotopic (exact) mass is 584 g/mol. The number of piperidine rings is 1. The van der Waals surface area contributed by atoms with Crippen molar-refractivity contribution in [2.75, 3.05) is 33.3 Å². The Labute approximate surface area is 242 Å². The van der Waals surface area contributed by atoms with E-state index in [-0.39, 0.29) is 35.8 Å². The molecule has 1 unspecified atom stereocenters. The highest BCUT2D eigenvalue weighted by atomic mass is 19.1. The van der Waals surface area contributed by atoms with E-state index in [1.54, 1.807) is 6.92 Å². The quantitative estimate of drug-likeness (QED) is 0.299. The minimum absolute atomic E-state index is 0.0360. The fraction of sp³-hybridized carbons (Fsp3) is 0.400. The molecule has 0 aromatic heterocycles. The summed E-state index contributed by atoms with van der Waals surface area (Å²) in [5, 5.41) is 15.0. The summed E-state index contributed by atoms with van der Waals surface area (Å²) in [6.45, 7) is 3.61. The molecule has 10 nitrogen and oxygen atoms in total. The van der Waals surface area contributed by atoms with Crippen LogP contribution in [0.3, 0.4) is 0 Å². The molecule has 2 aromatic rings. The highest BCUT2D eigenvalue weighted by Gasteiger charge is 2.45. The summed E-state index contributed by atoms with van der Waals surface area (Å²) in [4.78, 5) is 53.9. The lowest BCUT2D eigenvalue weighted by Crippen LogP contribution is -2.55. The average molecular weight is 585 g/mol. The number of rotatable bonds is 9. The van der Waals surface area contributed by atoms with Crippen molar-refractivity contribution in [1.82, 2.24) is 20.4 Å². The number of allylic oxidation sites excluding steroid dienone is 1. The molecule has 42 heavy (non-hydrogen) atoms. The number of ether oxygens (including phenoxy) is 1. The number of carboxylic acids is 1. The lowest BCUT2D eigenvalue weighted by molar-refractivity contribution is -0.149. The molecule has 1 atom stereocenters. The lowest BCUT2D eigenvalue weighted by Gasteiger charge is -2.40. The molecule has 0 bridgehead atoms. The third-order valence-electron chi connectivity index (χ3n) is 7.93. The van der Waals surface area contributed by atoms with Gasteiger partial charge in [-0.05, 0) is 56.9 Å². The number of carbonyl (C=O) groups excluding carboxylic acids is 3. The van der Waals surface area contributed by atoms with E-state index >= 15 is 0 Å². The van der Waals surface area contributed by atoms with Crippen molar-refractivity contribution in [2.45, 2.75) is 44.1 Å². The molecule has 3 N–H and O–H groups in total. The van der Waals surface area contributed by atoms with E-state index in [0.29, 0.717) is 49.9 Å². The van der Waals surface area contributed by atoms with Crippen LogP contribution in [0.15, 0.2) is 59.8 Å². The van der Waals surface area contributed by atoms with Gasteiger partial charge in [-0.15, -0.1) is 0 Å². The van der Waals surface area contributed by atoms with E-state index in [0.717, 1.165) is 17.7 Å². The molecular formula is C30H34F2N4O6. The number of methoxy groups -OCH3 is 1. The maximum absolute atomic E-state index is 14.8. The van der Waals surface area contributed by atoms with E-state index in [4.69, 9.17) is 4.74 Å². The van der Waals surface area contributed by atoms with Gasteiger partial charge in [0, 0.05) is 23.9 Å². The molecule has 0 aliphatic carbocycles. The number of amides is 4. The molecule has 0 saturated carbocycles. The Hall–Kier alpha value is -4.32. The zero-order valence-electron chi connectivity index (χ0n) is 23.5. The van der Waals surface area contributed by atoms with Gasteiger partial charge in [-0.25, -0.2) is 28.1 Å². The molecule has 4 rings (SSSR count). The van der Waals surface area contributed by atoms with Crippen LogP contribution < -0.4 is 10.6 Å². The van der Waals surface area contributed by atoms with E-state index in [1.807, 2.05) is 30.3 Å². The van der Waals surface area contributed by atoms with E-state index < -0.39 is 41.1 Å². The van der Waals surface area contributed by atoms with Gasteiger partial charge in [0.2, 0.25) is 0 Å². The second-order valence-electron chi connectivity index (χ2n) is 10.3. The van der Waals surface area contributed by atoms with Crippen molar-refractivity contribution >= 4 is 24.0 Å². The number of likely N-dealkylation sites (tertiary alicyclic amines) is 1. The molecule has 2 aliphatic rings. The highest BCUT2D eigenvalue weighted by molar-refractivity contribution is 6.01. The number of nitrogens with zero attached hydrogens (tertiary/aromatic N) is 2. The Bertz CT molecular complexity index is 1380. The minimum atomic E-state index is -1.60. The van der Waals surface area contributed by atoms with Crippen LogP contribution in [0.4, 0.5) is 18.4 Å². The number of imide groups is 1. The molecule has 2 aliphatic heterocycles. The molecule has 2 heterocycles. The smallest absolute Gasteiger partial charge is 0.335 e. The summed E-state index contributed by atoms with van der Waals surface area (Å²) < 4.78 is 33.6. The number of carboxylic acid groups (broad SMARTS) is 1. The summed E-state index contributed by atoms with van der Waals surface area (Å²) in [5.74, 6) is -3.67. The van der Waals surface area contributed by atoms with Crippen LogP contribution in [-0.4, -0.2) is 72.2 Å². The zero-order chi connectivity index (χ0) is 30.4. The molecule has 0 spiro atoms. The number of halogens is 2. The Morgan fingerprint density at radius 1 is 1.12 bits per heavy atom. The first-order valence-electron chi connectivity index (χ1n) is 13.8. The number of aliphatic carboxylic acids is 1. The first-order valence-corrected chi connectivity index (χ1v) is 13.8. The predicted molar refractivity (Wildman–Crippen MR) is 148 cm³/mol. The Morgan fingerprint density at radius 2 is 1.81 bits per heavy atom. The Balaban J connectivity index is 1.41. The van der Waals surface area contributed by atoms with Gasteiger partial charge < -0.3 is 25.4 Å². The number of nitrogens with one attached hydrogen (secondary N) is 2. The molecule has 0 radical (unpaired) electrons. The van der Waals surface area contributed by atoms with Gasteiger partial charge in [-0.3, -0.25) is 4.79 Å². The molecule has 224 valence electrons. The van der Waals surface area contributed by atoms with Crippen molar-refractivity contribution < 1.29 is 37.8 Å². The first kappa shape index (κ1) is 30.6. The number of carbonyl (C=O) groups is 4. The summed E-state index contributed by atoms with van der Waals surface area (Å²) in [5.41, 5.74) is -0.463. The SMILES string of the molecule is CCC1=C(C(=O)O)C(c2ccc(F)cc2F)N(C(=O)NCCCN2CCC(C(=O)OC)(c3ccccc3)CC2)C(=O)N1. The molecule has 2 aromatic carbocycles. The Kier molecular flexibility index (Phi) is 9.56. The maximum atomic E-state index is 14.8. The summed E-state index contributed by atoms with van der Waals surface area (Å²) >= 11 is 0. The average Bonchev–Trinajstić information content (AvgIpc) is 2.98. The number of hydrogen-bond donors (Lipinski definition) is 3. The van der Waals surface area contributed by atoms with Crippen LogP contribution in [0.2, 0.25) is 0 Å². The number of hydrogen-bond acceptors (Lipinski definition) is 6. The largest absolute Gasteiger partial charge is 0.478 e. The fourth-order valence-corrected chi connectivity index (χ4v) is 5.72. The van der Waals surface area contributed by atoms with Crippen molar-refractivity contribution in [3.63, 3.8) is 0 Å². The topological polar surface area (TPSA) is 128 Å². The standard InChI is InChI=1S/C30H34F2N4O6/c1-3-23-24(26(37)38)25(21-11-10-20(31)18-22(21)32)36(29(41)34-23)28(40)33-14-7-15-35-16-12-30(13-17-35,27(39)42-2)19-8-5-4-6-9-19/h4-6,8-11,18,25H,3,7,12-17H2,1-2H3,(H,33,40)(H,34,41)(H,37,38). The molecule has 12 heteroatoms. The summed E-state index contributed by atoms with van der Waals surface area (Å²) in [6.07, 6.45) is 1.74. The second kappa shape index (κ2) is 13.1. The van der Waals surface area contributed by atoms with Gasteiger partial charge in [0.25, 0.3) is 0 Å². The Morgan fingerprint density at radius 3 is 2.40 bits per heavy atom. The predicted octanol–water partition coefficient (Wildman–Crippen LogP) is 4.09. The molecule has 4 amide bonds. The van der Waals surface area contributed by atoms with Crippen LogP contribution in [0.5, 0.6) is 0 Å². The van der Waals surface area contributed by atoms with Crippen molar-refractivity contribution in [3.05, 3.63) is 82.6 Å². The second-order valence-corrected chi connectivity index (χ2v) is 10.3. The van der Waals surface area contributed by atoms with Gasteiger partial charge in [-0.2, -0.15) is 0 Å². The summed E-state index contributed by atoms with van der Waals surface area (Å²) in [7, 11) is 1.39.